The number of hydrogen-bond donors (Lipinski definition) is 1. The molecular formula is C9H14N2O. The number of nitrogens with one attached hydrogen (secondary N) is 1. The molecule has 0 amide bonds. The Balaban J connectivity index is 2.12. The van der Waals surface area contributed by atoms with E-state index in [1.807, 2.05) is 0 Å². The van der Waals surface area contributed by atoms with Crippen LogP contribution >= 0.6 is 0 Å². The van der Waals surface area contributed by atoms with E-state index in [-0.39, 0.29) is 11.3 Å². The maximum atomic E-state index is 8.95. The second kappa shape index (κ2) is 3.04. The van der Waals surface area contributed by atoms with Gasteiger partial charge in [0.25, 0.3) is 0 Å². The molecule has 2 aliphatic rings. The highest BCUT2D eigenvalue weighted by Gasteiger charge is 2.43. The van der Waals surface area contributed by atoms with Crippen molar-refractivity contribution in [3.05, 3.63) is 0 Å². The van der Waals surface area contributed by atoms with Crippen molar-refractivity contribution in [3.8, 4) is 6.07 Å². The zero-order valence-electron chi connectivity index (χ0n) is 7.18. The van der Waals surface area contributed by atoms with Crippen molar-refractivity contribution in [1.29, 1.82) is 5.26 Å². The minimum atomic E-state index is 0.210. The van der Waals surface area contributed by atoms with Gasteiger partial charge in [0.05, 0.1) is 12.0 Å². The predicted molar refractivity (Wildman–Crippen MR) is 44.5 cm³/mol. The minimum Gasteiger partial charge on any atom is -0.381 e. The minimum absolute atomic E-state index is 0.210. The fraction of sp³-hybridized carbons (Fsp3) is 0.889. The van der Waals surface area contributed by atoms with Crippen molar-refractivity contribution >= 4 is 0 Å². The lowest BCUT2D eigenvalue weighted by Gasteiger charge is -2.34. The zero-order chi connectivity index (χ0) is 8.44. The van der Waals surface area contributed by atoms with Gasteiger partial charge in [0, 0.05) is 31.7 Å². The van der Waals surface area contributed by atoms with Gasteiger partial charge in [-0.05, 0) is 12.8 Å². The molecule has 12 heavy (non-hydrogen) atoms. The van der Waals surface area contributed by atoms with E-state index >= 15 is 0 Å². The molecule has 0 saturated carbocycles. The first-order chi connectivity index (χ1) is 5.87. The van der Waals surface area contributed by atoms with E-state index in [4.69, 9.17) is 10.00 Å². The van der Waals surface area contributed by atoms with Gasteiger partial charge in [0.1, 0.15) is 0 Å². The Kier molecular flexibility index (Phi) is 2.03. The highest BCUT2D eigenvalue weighted by atomic mass is 16.5. The molecule has 0 unspecified atom stereocenters. The van der Waals surface area contributed by atoms with Crippen molar-refractivity contribution < 1.29 is 4.74 Å². The number of nitriles is 1. The monoisotopic (exact) mass is 166 g/mol. The van der Waals surface area contributed by atoms with Gasteiger partial charge < -0.3 is 10.1 Å². The van der Waals surface area contributed by atoms with Gasteiger partial charge in [-0.3, -0.25) is 0 Å². The van der Waals surface area contributed by atoms with Crippen molar-refractivity contribution in [2.75, 3.05) is 26.3 Å². The van der Waals surface area contributed by atoms with Crippen molar-refractivity contribution in [2.24, 2.45) is 11.3 Å². The molecular weight excluding hydrogens is 152 g/mol. The van der Waals surface area contributed by atoms with Crippen LogP contribution in [0.15, 0.2) is 0 Å². The summed E-state index contributed by atoms with van der Waals surface area (Å²) in [6, 6.07) is 2.41. The first-order valence-corrected chi connectivity index (χ1v) is 4.55. The van der Waals surface area contributed by atoms with Crippen LogP contribution in [0.3, 0.4) is 0 Å². The molecule has 0 aromatic carbocycles. The third-order valence-electron chi connectivity index (χ3n) is 3.21. The van der Waals surface area contributed by atoms with Crippen LogP contribution in [-0.2, 0) is 4.74 Å². The van der Waals surface area contributed by atoms with E-state index < -0.39 is 0 Å². The smallest absolute Gasteiger partial charge is 0.0675 e. The summed E-state index contributed by atoms with van der Waals surface area (Å²) in [7, 11) is 0. The van der Waals surface area contributed by atoms with Crippen LogP contribution in [0.5, 0.6) is 0 Å². The number of hydrogen-bond acceptors (Lipinski definition) is 3. The Bertz CT molecular complexity index is 203. The summed E-state index contributed by atoms with van der Waals surface area (Å²) in [5.41, 5.74) is 0.243. The van der Waals surface area contributed by atoms with Crippen LogP contribution in [0, 0.1) is 22.7 Å². The van der Waals surface area contributed by atoms with Gasteiger partial charge in [0.15, 0.2) is 0 Å². The second-order valence-electron chi connectivity index (χ2n) is 3.79. The molecule has 0 bridgehead atoms. The molecule has 3 heteroatoms. The van der Waals surface area contributed by atoms with Crippen LogP contribution in [0.4, 0.5) is 0 Å². The molecule has 3 nitrogen and oxygen atoms in total. The Morgan fingerprint density at radius 2 is 2.17 bits per heavy atom. The average molecular weight is 166 g/mol. The molecule has 66 valence electrons. The van der Waals surface area contributed by atoms with E-state index in [9.17, 15) is 0 Å². The first-order valence-electron chi connectivity index (χ1n) is 4.55. The molecule has 2 saturated heterocycles. The fourth-order valence-electron chi connectivity index (χ4n) is 2.29. The maximum Gasteiger partial charge on any atom is 0.0675 e. The van der Waals surface area contributed by atoms with E-state index in [2.05, 4.69) is 11.4 Å². The molecule has 0 aliphatic carbocycles. The lowest BCUT2D eigenvalue weighted by atomic mass is 9.73. The van der Waals surface area contributed by atoms with Crippen LogP contribution in [-0.4, -0.2) is 26.3 Å². The SMILES string of the molecule is N#C[C@H]1CNCC12CCOCC2. The van der Waals surface area contributed by atoms with E-state index in [0.717, 1.165) is 39.1 Å². The first kappa shape index (κ1) is 8.03. The highest BCUT2D eigenvalue weighted by Crippen LogP contribution is 2.40. The van der Waals surface area contributed by atoms with E-state index in [0.29, 0.717) is 0 Å². The molecule has 2 rings (SSSR count). The Hall–Kier alpha value is -0.590. The van der Waals surface area contributed by atoms with Gasteiger partial charge in [-0.15, -0.1) is 0 Å². The number of nitrogens with zero attached hydrogens (tertiary/aromatic N) is 1. The molecule has 0 aromatic rings. The summed E-state index contributed by atoms with van der Waals surface area (Å²) in [5, 5.41) is 12.3. The van der Waals surface area contributed by atoms with E-state index in [1.54, 1.807) is 0 Å². The summed E-state index contributed by atoms with van der Waals surface area (Å²) in [6.07, 6.45) is 2.11. The van der Waals surface area contributed by atoms with Gasteiger partial charge in [-0.2, -0.15) is 5.26 Å². The van der Waals surface area contributed by atoms with Crippen LogP contribution in [0.1, 0.15) is 12.8 Å². The zero-order valence-corrected chi connectivity index (χ0v) is 7.18. The molecule has 2 aliphatic heterocycles. The average Bonchev–Trinajstić information content (AvgIpc) is 2.49. The number of rotatable bonds is 0. The molecule has 0 aromatic heterocycles. The highest BCUT2D eigenvalue weighted by molar-refractivity contribution is 5.05. The molecule has 2 heterocycles. The lowest BCUT2D eigenvalue weighted by molar-refractivity contribution is 0.0126. The van der Waals surface area contributed by atoms with Gasteiger partial charge in [-0.1, -0.05) is 0 Å². The topological polar surface area (TPSA) is 45.0 Å². The van der Waals surface area contributed by atoms with Gasteiger partial charge >= 0.3 is 0 Å². The Labute approximate surface area is 72.7 Å². The summed E-state index contributed by atoms with van der Waals surface area (Å²) in [4.78, 5) is 0. The Morgan fingerprint density at radius 3 is 2.83 bits per heavy atom. The molecule has 1 spiro atoms. The summed E-state index contributed by atoms with van der Waals surface area (Å²) >= 11 is 0. The van der Waals surface area contributed by atoms with Crippen LogP contribution in [0.25, 0.3) is 0 Å². The second-order valence-corrected chi connectivity index (χ2v) is 3.79. The standard InChI is InChI=1S/C9H14N2O/c10-5-8-6-11-7-9(8)1-3-12-4-2-9/h8,11H,1-4,6-7H2/t8-/m0/s1. The summed E-state index contributed by atoms with van der Waals surface area (Å²) in [5.74, 6) is 0.210. The summed E-state index contributed by atoms with van der Waals surface area (Å²) in [6.45, 7) is 3.55. The normalized spacial score (nSPS) is 33.4. The summed E-state index contributed by atoms with van der Waals surface area (Å²) < 4.78 is 5.31. The van der Waals surface area contributed by atoms with Crippen molar-refractivity contribution in [2.45, 2.75) is 12.8 Å². The van der Waals surface area contributed by atoms with Crippen LogP contribution in [0.2, 0.25) is 0 Å². The van der Waals surface area contributed by atoms with Crippen molar-refractivity contribution in [3.63, 3.8) is 0 Å². The Morgan fingerprint density at radius 1 is 1.42 bits per heavy atom. The lowest BCUT2D eigenvalue weighted by Crippen LogP contribution is -2.36. The number of ether oxygens (including phenoxy) is 1. The largest absolute Gasteiger partial charge is 0.381 e. The van der Waals surface area contributed by atoms with E-state index in [1.165, 1.54) is 0 Å². The predicted octanol–water partition coefficient (Wildman–Crippen LogP) is 0.526. The third kappa shape index (κ3) is 1.12. The van der Waals surface area contributed by atoms with Gasteiger partial charge in [0.2, 0.25) is 0 Å². The molecule has 1 atom stereocenters. The molecule has 0 radical (unpaired) electrons. The maximum absolute atomic E-state index is 8.95. The third-order valence-corrected chi connectivity index (χ3v) is 3.21. The fourth-order valence-corrected chi connectivity index (χ4v) is 2.29. The van der Waals surface area contributed by atoms with Gasteiger partial charge in [-0.25, -0.2) is 0 Å². The van der Waals surface area contributed by atoms with Crippen molar-refractivity contribution in [1.82, 2.24) is 5.32 Å². The molecule has 2 fully saturated rings. The molecule has 1 N–H and O–H groups in total. The van der Waals surface area contributed by atoms with Crippen LogP contribution < -0.4 is 5.32 Å². The quantitative estimate of drug-likeness (QED) is 0.571.